The van der Waals surface area contributed by atoms with Gasteiger partial charge < -0.3 is 10.6 Å². The van der Waals surface area contributed by atoms with Crippen molar-refractivity contribution in [2.45, 2.75) is 13.3 Å². The monoisotopic (exact) mass is 347 g/mol. The summed E-state index contributed by atoms with van der Waals surface area (Å²) in [5, 5.41) is 14.4. The molecule has 2 unspecified atom stereocenters. The number of benzene rings is 2. The molecule has 2 amide bonds. The molecule has 1 aliphatic rings. The van der Waals surface area contributed by atoms with Gasteiger partial charge in [-0.25, -0.2) is 0 Å². The lowest BCUT2D eigenvalue weighted by Crippen LogP contribution is -2.20. The van der Waals surface area contributed by atoms with E-state index in [0.717, 1.165) is 0 Å². The van der Waals surface area contributed by atoms with E-state index in [2.05, 4.69) is 10.6 Å². The van der Waals surface area contributed by atoms with Crippen molar-refractivity contribution < 1.29 is 14.4 Å². The fourth-order valence-electron chi connectivity index (χ4n) is 2.70. The molecule has 0 radical (unpaired) electrons. The summed E-state index contributed by atoms with van der Waals surface area (Å²) in [5.41, 5.74) is 2.17. The Bertz CT molecular complexity index is 913. The third-order valence-electron chi connectivity index (χ3n) is 4.28. The lowest BCUT2D eigenvalue weighted by atomic mass is 10.1. The molecule has 0 aliphatic heterocycles. The summed E-state index contributed by atoms with van der Waals surface area (Å²) in [6, 6.07) is 15.3. The van der Waals surface area contributed by atoms with E-state index in [-0.39, 0.29) is 29.4 Å². The highest BCUT2D eigenvalue weighted by Crippen LogP contribution is 2.40. The molecule has 0 bridgehead atoms. The molecule has 0 aromatic heterocycles. The van der Waals surface area contributed by atoms with E-state index >= 15 is 0 Å². The van der Waals surface area contributed by atoms with Crippen molar-refractivity contribution in [2.24, 2.45) is 11.8 Å². The summed E-state index contributed by atoms with van der Waals surface area (Å²) in [6.45, 7) is 1.48. The van der Waals surface area contributed by atoms with Crippen LogP contribution in [-0.4, -0.2) is 17.6 Å². The van der Waals surface area contributed by atoms with Gasteiger partial charge in [-0.1, -0.05) is 6.07 Å². The second kappa shape index (κ2) is 7.19. The predicted molar refractivity (Wildman–Crippen MR) is 96.5 cm³/mol. The molecule has 1 fully saturated rings. The molecular weight excluding hydrogens is 330 g/mol. The Kier molecular flexibility index (Phi) is 4.81. The first-order valence-corrected chi connectivity index (χ1v) is 8.21. The van der Waals surface area contributed by atoms with Crippen molar-refractivity contribution in [3.63, 3.8) is 0 Å². The molecule has 26 heavy (non-hydrogen) atoms. The van der Waals surface area contributed by atoms with Crippen LogP contribution in [0.1, 0.15) is 29.3 Å². The fraction of sp³-hybridized carbons (Fsp3) is 0.200. The summed E-state index contributed by atoms with van der Waals surface area (Å²) in [6.07, 6.45) is 0.487. The van der Waals surface area contributed by atoms with Gasteiger partial charge in [-0.05, 0) is 55.8 Å². The minimum Gasteiger partial charge on any atom is -0.326 e. The molecule has 0 saturated heterocycles. The van der Waals surface area contributed by atoms with E-state index < -0.39 is 0 Å². The molecule has 1 saturated carbocycles. The maximum atomic E-state index is 12.3. The maximum Gasteiger partial charge on any atom is 0.228 e. The molecule has 2 aromatic rings. The lowest BCUT2D eigenvalue weighted by molar-refractivity contribution is -0.122. The summed E-state index contributed by atoms with van der Waals surface area (Å²) in [4.78, 5) is 35.8. The van der Waals surface area contributed by atoms with Crippen LogP contribution >= 0.6 is 0 Å². The Balaban J connectivity index is 1.55. The van der Waals surface area contributed by atoms with Gasteiger partial charge in [-0.3, -0.25) is 14.4 Å². The molecule has 6 heteroatoms. The van der Waals surface area contributed by atoms with Crippen LogP contribution in [0.25, 0.3) is 0 Å². The maximum absolute atomic E-state index is 12.3. The van der Waals surface area contributed by atoms with Gasteiger partial charge in [0, 0.05) is 16.9 Å². The van der Waals surface area contributed by atoms with Gasteiger partial charge in [-0.2, -0.15) is 5.26 Å². The lowest BCUT2D eigenvalue weighted by Gasteiger charge is -2.07. The fourth-order valence-corrected chi connectivity index (χ4v) is 2.70. The van der Waals surface area contributed by atoms with Crippen LogP contribution < -0.4 is 10.6 Å². The van der Waals surface area contributed by atoms with Crippen molar-refractivity contribution in [1.29, 1.82) is 5.26 Å². The number of Topliss-reactive ketones (excluding diaryl/α,β-unsaturated/α-hetero) is 1. The van der Waals surface area contributed by atoms with E-state index in [1.165, 1.54) is 6.92 Å². The molecule has 6 nitrogen and oxygen atoms in total. The number of nitrogens with zero attached hydrogens (tertiary/aromatic N) is 1. The van der Waals surface area contributed by atoms with Crippen molar-refractivity contribution >= 4 is 29.0 Å². The molecule has 1 aliphatic carbocycles. The van der Waals surface area contributed by atoms with Gasteiger partial charge in [0.05, 0.1) is 23.5 Å². The van der Waals surface area contributed by atoms with Crippen molar-refractivity contribution in [3.8, 4) is 6.07 Å². The number of nitrogens with one attached hydrogen (secondary N) is 2. The van der Waals surface area contributed by atoms with Crippen molar-refractivity contribution in [2.75, 3.05) is 10.6 Å². The zero-order valence-electron chi connectivity index (χ0n) is 14.2. The van der Waals surface area contributed by atoms with Gasteiger partial charge in [0.1, 0.15) is 0 Å². The molecular formula is C20H17N3O3. The molecule has 0 heterocycles. The molecule has 130 valence electrons. The molecule has 0 spiro atoms. The summed E-state index contributed by atoms with van der Waals surface area (Å²) < 4.78 is 0. The highest BCUT2D eigenvalue weighted by atomic mass is 16.2. The topological polar surface area (TPSA) is 99.1 Å². The number of rotatable bonds is 5. The average Bonchev–Trinajstić information content (AvgIpc) is 3.43. The summed E-state index contributed by atoms with van der Waals surface area (Å²) >= 11 is 0. The third-order valence-corrected chi connectivity index (χ3v) is 4.28. The number of carbonyl (C=O) groups excluding carboxylic acids is 3. The SMILES string of the molecule is CC(=O)c1ccc(NC(=O)C2CC2C(=O)Nc2cccc(C#N)c2)cc1. The van der Waals surface area contributed by atoms with Crippen LogP contribution in [0.15, 0.2) is 48.5 Å². The molecule has 2 aromatic carbocycles. The first kappa shape index (κ1) is 17.4. The van der Waals surface area contributed by atoms with Gasteiger partial charge in [0.25, 0.3) is 0 Å². The van der Waals surface area contributed by atoms with Crippen LogP contribution in [0.3, 0.4) is 0 Å². The quantitative estimate of drug-likeness (QED) is 0.812. The molecule has 2 atom stereocenters. The largest absolute Gasteiger partial charge is 0.326 e. The number of anilines is 2. The van der Waals surface area contributed by atoms with Gasteiger partial charge in [0.2, 0.25) is 11.8 Å². The van der Waals surface area contributed by atoms with Gasteiger partial charge in [0.15, 0.2) is 5.78 Å². The zero-order valence-corrected chi connectivity index (χ0v) is 14.2. The van der Waals surface area contributed by atoms with E-state index in [1.807, 2.05) is 6.07 Å². The van der Waals surface area contributed by atoms with Gasteiger partial charge in [-0.15, -0.1) is 0 Å². The predicted octanol–water partition coefficient (Wildman–Crippen LogP) is 2.97. The van der Waals surface area contributed by atoms with Crippen LogP contribution in [0.2, 0.25) is 0 Å². The van der Waals surface area contributed by atoms with Crippen LogP contribution in [0.5, 0.6) is 0 Å². The highest BCUT2D eigenvalue weighted by molar-refractivity contribution is 6.03. The smallest absolute Gasteiger partial charge is 0.228 e. The number of nitriles is 1. The number of amides is 2. The standard InChI is InChI=1S/C20H17N3O3/c1-12(24)14-5-7-15(8-6-14)22-19(25)17-10-18(17)20(26)23-16-4-2-3-13(9-16)11-21/h2-9,17-18H,10H2,1H3,(H,22,25)(H,23,26). The Morgan fingerprint density at radius 3 is 2.15 bits per heavy atom. The second-order valence-corrected chi connectivity index (χ2v) is 6.25. The minimum absolute atomic E-state index is 0.0396. The van der Waals surface area contributed by atoms with Gasteiger partial charge >= 0.3 is 0 Å². The van der Waals surface area contributed by atoms with Crippen LogP contribution in [-0.2, 0) is 9.59 Å². The van der Waals surface area contributed by atoms with Crippen molar-refractivity contribution in [1.82, 2.24) is 0 Å². The minimum atomic E-state index is -0.378. The summed E-state index contributed by atoms with van der Waals surface area (Å²) in [5.74, 6) is -1.24. The number of ketones is 1. The number of hydrogen-bond acceptors (Lipinski definition) is 4. The van der Waals surface area contributed by atoms with Crippen LogP contribution in [0.4, 0.5) is 11.4 Å². The van der Waals surface area contributed by atoms with E-state index in [1.54, 1.807) is 48.5 Å². The second-order valence-electron chi connectivity index (χ2n) is 6.25. The Hall–Kier alpha value is -3.46. The Morgan fingerprint density at radius 2 is 1.58 bits per heavy atom. The van der Waals surface area contributed by atoms with E-state index in [4.69, 9.17) is 5.26 Å². The normalized spacial score (nSPS) is 17.7. The summed E-state index contributed by atoms with van der Waals surface area (Å²) in [7, 11) is 0. The van der Waals surface area contributed by atoms with E-state index in [9.17, 15) is 14.4 Å². The highest BCUT2D eigenvalue weighted by Gasteiger charge is 2.48. The number of hydrogen-bond donors (Lipinski definition) is 2. The first-order valence-electron chi connectivity index (χ1n) is 8.21. The Morgan fingerprint density at radius 1 is 0.962 bits per heavy atom. The van der Waals surface area contributed by atoms with Crippen molar-refractivity contribution in [3.05, 3.63) is 59.7 Å². The Labute approximate surface area is 150 Å². The first-order chi connectivity index (χ1) is 12.5. The van der Waals surface area contributed by atoms with Crippen LogP contribution in [0, 0.1) is 23.2 Å². The molecule has 3 rings (SSSR count). The third kappa shape index (κ3) is 3.95. The number of carbonyl (C=O) groups is 3. The molecule has 2 N–H and O–H groups in total. The van der Waals surface area contributed by atoms with E-state index in [0.29, 0.717) is 28.9 Å². The zero-order chi connectivity index (χ0) is 18.7. The average molecular weight is 347 g/mol.